The minimum atomic E-state index is 0. The molecule has 0 N–H and O–H groups in total. The Hall–Kier alpha value is -1.98. The second kappa shape index (κ2) is 18.3. The van der Waals surface area contributed by atoms with E-state index in [2.05, 4.69) is 102 Å². The van der Waals surface area contributed by atoms with Crippen molar-refractivity contribution in [3.05, 3.63) is 88.7 Å². The van der Waals surface area contributed by atoms with Crippen LogP contribution in [0.15, 0.2) is 70.9 Å². The van der Waals surface area contributed by atoms with Crippen LogP contribution in [-0.4, -0.2) is 17.9 Å². The van der Waals surface area contributed by atoms with E-state index in [9.17, 15) is 0 Å². The number of halogens is 2. The quantitative estimate of drug-likeness (QED) is 0.311. The Kier molecular flexibility index (Phi) is 18.4. The fourth-order valence-electron chi connectivity index (χ4n) is 3.91. The fraction of sp³-hybridized carbons (Fsp3) is 0.387. The van der Waals surface area contributed by atoms with Crippen molar-refractivity contribution in [2.75, 3.05) is 0 Å². The number of hydrogen-bond acceptors (Lipinski definition) is 3. The summed E-state index contributed by atoms with van der Waals surface area (Å²) >= 11 is 0. The van der Waals surface area contributed by atoms with Crippen molar-refractivity contribution in [3.8, 4) is 0 Å². The van der Waals surface area contributed by atoms with Gasteiger partial charge in [0.1, 0.15) is 0 Å². The van der Waals surface area contributed by atoms with E-state index >= 15 is 0 Å². The molecule has 6 heteroatoms. The summed E-state index contributed by atoms with van der Waals surface area (Å²) in [4.78, 5) is 12.8. The van der Waals surface area contributed by atoms with Gasteiger partial charge >= 0.3 is 16.8 Å². The zero-order chi connectivity index (χ0) is 25.3. The van der Waals surface area contributed by atoms with Gasteiger partial charge in [-0.3, -0.25) is 9.98 Å². The zero-order valence-corrected chi connectivity index (χ0v) is 25.7. The normalized spacial score (nSPS) is 10.5. The molecule has 0 aliphatic heterocycles. The molecule has 0 aliphatic carbocycles. The number of hydrogen-bond donors (Lipinski definition) is 0. The van der Waals surface area contributed by atoms with Crippen LogP contribution in [0.1, 0.15) is 107 Å². The molecule has 0 radical (unpaired) electrons. The van der Waals surface area contributed by atoms with Crippen LogP contribution in [-0.2, 0) is 16.8 Å². The molecule has 0 spiro atoms. The number of para-hydroxylation sites is 2. The first-order valence-corrected chi connectivity index (χ1v) is 12.3. The number of pyridine rings is 1. The van der Waals surface area contributed by atoms with E-state index in [1.165, 1.54) is 22.3 Å². The van der Waals surface area contributed by atoms with E-state index in [-0.39, 0.29) is 41.6 Å². The summed E-state index contributed by atoms with van der Waals surface area (Å²) in [7, 11) is 0. The standard InChI is InChI=1S/C18H22N2.C13H18N.2ClH.Co/c1-13(2)16-8-5-9-17(14(3)4)18(16)20-12-15-7-6-10-19-11-15;1-9(2)11-7-6-8-12(10(3)4)13(11)14-5;;;/h5-14H,1-4H3;5-10H,1-4H3;2*1H;/q;-1;;;+3/p-2. The average molecular weight is 585 g/mol. The zero-order valence-electron chi connectivity index (χ0n) is 23.2. The molecule has 0 bridgehead atoms. The predicted molar refractivity (Wildman–Crippen MR) is 149 cm³/mol. The summed E-state index contributed by atoms with van der Waals surface area (Å²) in [6.07, 6.45) is 5.51. The van der Waals surface area contributed by atoms with Gasteiger partial charge in [-0.15, -0.1) is 11.1 Å². The maximum atomic E-state index is 5.45. The molecule has 2 aromatic carbocycles. The van der Waals surface area contributed by atoms with Crippen molar-refractivity contribution in [3.63, 3.8) is 0 Å². The van der Waals surface area contributed by atoms with Crippen molar-refractivity contribution in [1.29, 1.82) is 0 Å². The van der Waals surface area contributed by atoms with Gasteiger partial charge in [-0.1, -0.05) is 104 Å². The molecular formula is C31H40Cl2CoN3. The number of nitrogens with zero attached hydrogens (tertiary/aromatic N) is 3. The Morgan fingerprint density at radius 3 is 1.38 bits per heavy atom. The first-order chi connectivity index (χ1) is 16.2. The van der Waals surface area contributed by atoms with Crippen LogP contribution >= 0.6 is 0 Å². The molecule has 1 heterocycles. The van der Waals surface area contributed by atoms with Gasteiger partial charge in [-0.05, 0) is 40.9 Å². The molecular weight excluding hydrogens is 544 g/mol. The molecule has 0 saturated heterocycles. The van der Waals surface area contributed by atoms with Gasteiger partial charge in [0, 0.05) is 24.2 Å². The van der Waals surface area contributed by atoms with Gasteiger partial charge in [-0.2, -0.15) is 6.72 Å². The van der Waals surface area contributed by atoms with E-state index in [1.807, 2.05) is 24.5 Å². The second-order valence-electron chi connectivity index (χ2n) is 9.86. The Morgan fingerprint density at radius 2 is 1.05 bits per heavy atom. The van der Waals surface area contributed by atoms with E-state index in [0.29, 0.717) is 23.7 Å². The molecule has 37 heavy (non-hydrogen) atoms. The largest absolute Gasteiger partial charge is 3.00 e. The van der Waals surface area contributed by atoms with Gasteiger partial charge in [-0.25, -0.2) is 0 Å². The summed E-state index contributed by atoms with van der Waals surface area (Å²) < 4.78 is 0. The van der Waals surface area contributed by atoms with E-state index < -0.39 is 0 Å². The van der Waals surface area contributed by atoms with Crippen molar-refractivity contribution in [2.45, 2.75) is 79.1 Å². The molecule has 0 unspecified atom stereocenters. The molecule has 0 atom stereocenters. The average Bonchev–Trinajstić information content (AvgIpc) is 2.82. The summed E-state index contributed by atoms with van der Waals surface area (Å²) in [5.74, 6) is 1.87. The first-order valence-electron chi connectivity index (χ1n) is 12.3. The molecule has 3 nitrogen and oxygen atoms in total. The molecule has 202 valence electrons. The first kappa shape index (κ1) is 37.2. The maximum Gasteiger partial charge on any atom is 3.00 e. The third-order valence-electron chi connectivity index (χ3n) is 5.84. The summed E-state index contributed by atoms with van der Waals surface area (Å²) in [5, 5.41) is 0. The van der Waals surface area contributed by atoms with Crippen molar-refractivity contribution in [2.24, 2.45) is 9.98 Å². The molecule has 0 saturated carbocycles. The van der Waals surface area contributed by atoms with E-state index in [4.69, 9.17) is 11.7 Å². The smallest absolute Gasteiger partial charge is 1.00 e. The van der Waals surface area contributed by atoms with Gasteiger partial charge in [0.2, 0.25) is 0 Å². The van der Waals surface area contributed by atoms with Gasteiger partial charge in [0.15, 0.2) is 0 Å². The van der Waals surface area contributed by atoms with E-state index in [1.54, 1.807) is 6.20 Å². The Bertz CT molecular complexity index is 1040. The second-order valence-corrected chi connectivity index (χ2v) is 9.86. The molecule has 0 amide bonds. The molecule has 0 aliphatic rings. The molecule has 3 aromatic rings. The Balaban J connectivity index is 0. The third kappa shape index (κ3) is 10.7. The Morgan fingerprint density at radius 1 is 0.649 bits per heavy atom. The summed E-state index contributed by atoms with van der Waals surface area (Å²) in [5.41, 5.74) is 8.18. The SMILES string of the molecule is CC(C)c1cccc(C(C)C)c1N=Cc1cccnc1.[CH-]=Nc1c(C(C)C)cccc1C(C)C.[Cl-].[Cl-].[Co+3]. The van der Waals surface area contributed by atoms with Crippen LogP contribution in [0.25, 0.3) is 0 Å². The number of aromatic nitrogens is 1. The van der Waals surface area contributed by atoms with E-state index in [0.717, 1.165) is 16.9 Å². The van der Waals surface area contributed by atoms with Gasteiger partial charge < -0.3 is 29.8 Å². The van der Waals surface area contributed by atoms with Crippen LogP contribution in [0, 0.1) is 0 Å². The Labute approximate surface area is 247 Å². The van der Waals surface area contributed by atoms with Crippen molar-refractivity contribution in [1.82, 2.24) is 4.98 Å². The monoisotopic (exact) mass is 583 g/mol. The van der Waals surface area contributed by atoms with Crippen molar-refractivity contribution < 1.29 is 41.6 Å². The summed E-state index contributed by atoms with van der Waals surface area (Å²) in [6.45, 7) is 22.9. The van der Waals surface area contributed by atoms with Crippen LogP contribution < -0.4 is 24.8 Å². The molecule has 1 aromatic heterocycles. The number of benzene rings is 2. The maximum absolute atomic E-state index is 5.45. The van der Waals surface area contributed by atoms with Gasteiger partial charge in [0.25, 0.3) is 0 Å². The number of aliphatic imine (C=N–C) groups is 2. The van der Waals surface area contributed by atoms with Crippen LogP contribution in [0.2, 0.25) is 0 Å². The van der Waals surface area contributed by atoms with Crippen LogP contribution in [0.5, 0.6) is 0 Å². The number of rotatable bonds is 7. The summed E-state index contributed by atoms with van der Waals surface area (Å²) in [6, 6.07) is 16.7. The minimum Gasteiger partial charge on any atom is -1.00 e. The fourth-order valence-corrected chi connectivity index (χ4v) is 3.91. The van der Waals surface area contributed by atoms with Gasteiger partial charge in [0.05, 0.1) is 5.69 Å². The topological polar surface area (TPSA) is 37.6 Å². The van der Waals surface area contributed by atoms with Crippen LogP contribution in [0.3, 0.4) is 0 Å². The van der Waals surface area contributed by atoms with Crippen LogP contribution in [0.4, 0.5) is 11.4 Å². The molecule has 0 fully saturated rings. The van der Waals surface area contributed by atoms with Crippen molar-refractivity contribution >= 4 is 24.3 Å². The third-order valence-corrected chi connectivity index (χ3v) is 5.84. The minimum absolute atomic E-state index is 0. The molecule has 3 rings (SSSR count). The predicted octanol–water partition coefficient (Wildman–Crippen LogP) is 3.23.